The van der Waals surface area contributed by atoms with Crippen LogP contribution in [0.15, 0.2) is 42.5 Å². The van der Waals surface area contributed by atoms with Gasteiger partial charge in [0.1, 0.15) is 6.10 Å². The molecule has 1 fully saturated rings. The fourth-order valence-electron chi connectivity index (χ4n) is 4.30. The fourth-order valence-corrected chi connectivity index (χ4v) is 4.43. The second-order valence-corrected chi connectivity index (χ2v) is 8.79. The van der Waals surface area contributed by atoms with Crippen molar-refractivity contribution in [2.24, 2.45) is 0 Å². The Balaban J connectivity index is 1.22. The average molecular weight is 500 g/mol. The van der Waals surface area contributed by atoms with Crippen molar-refractivity contribution in [2.45, 2.75) is 19.3 Å². The molecule has 5 rings (SSSR count). The van der Waals surface area contributed by atoms with Gasteiger partial charge in [0.05, 0.1) is 26.0 Å². The molecule has 2 aliphatic heterocycles. The molecule has 2 aliphatic rings. The minimum Gasteiger partial charge on any atom is -0.494 e. The molecule has 1 saturated heterocycles. The minimum absolute atomic E-state index is 0.0810. The van der Waals surface area contributed by atoms with Gasteiger partial charge in [0.15, 0.2) is 17.3 Å². The minimum atomic E-state index is -0.593. The summed E-state index contributed by atoms with van der Waals surface area (Å²) in [5.41, 5.74) is 2.10. The molecule has 1 aromatic heterocycles. The summed E-state index contributed by atoms with van der Waals surface area (Å²) < 4.78 is 26.6. The van der Waals surface area contributed by atoms with E-state index < -0.39 is 5.82 Å². The lowest BCUT2D eigenvalue weighted by molar-refractivity contribution is -0.00202. The zero-order valence-electron chi connectivity index (χ0n) is 19.0. The first kappa shape index (κ1) is 23.3. The molecule has 1 atom stereocenters. The maximum atomic E-state index is 14.0. The van der Waals surface area contributed by atoms with Gasteiger partial charge in [-0.1, -0.05) is 28.9 Å². The van der Waals surface area contributed by atoms with Crippen molar-refractivity contribution in [3.8, 4) is 5.75 Å². The van der Waals surface area contributed by atoms with Crippen molar-refractivity contribution in [1.82, 2.24) is 24.8 Å². The van der Waals surface area contributed by atoms with Crippen LogP contribution in [-0.4, -0.2) is 69.9 Å². The number of halogens is 2. The van der Waals surface area contributed by atoms with E-state index in [0.717, 1.165) is 5.56 Å². The zero-order valence-corrected chi connectivity index (χ0v) is 19.7. The molecule has 2 aromatic carbocycles. The number of benzene rings is 2. The SMILES string of the molecule is COc1ccc(C(=O)N2CCN(C(=O)c3nnn4c3CO[C@H](c3ccc(Cl)cc3)C4)CC2)cc1F. The predicted molar refractivity (Wildman–Crippen MR) is 124 cm³/mol. The summed E-state index contributed by atoms with van der Waals surface area (Å²) in [7, 11) is 1.37. The predicted octanol–water partition coefficient (Wildman–Crippen LogP) is 2.95. The van der Waals surface area contributed by atoms with Crippen LogP contribution in [0.25, 0.3) is 0 Å². The normalized spacial score (nSPS) is 17.7. The molecule has 2 amide bonds. The summed E-state index contributed by atoms with van der Waals surface area (Å²) in [5, 5.41) is 8.95. The monoisotopic (exact) mass is 499 g/mol. The Hall–Kier alpha value is -3.50. The molecule has 11 heteroatoms. The lowest BCUT2D eigenvalue weighted by atomic mass is 10.1. The van der Waals surface area contributed by atoms with Crippen LogP contribution in [0.5, 0.6) is 5.75 Å². The molecule has 0 saturated carbocycles. The Kier molecular flexibility index (Phi) is 6.40. The lowest BCUT2D eigenvalue weighted by Crippen LogP contribution is -2.50. The summed E-state index contributed by atoms with van der Waals surface area (Å²) in [6.07, 6.45) is -0.207. The average Bonchev–Trinajstić information content (AvgIpc) is 3.31. The molecule has 0 aliphatic carbocycles. The molecule has 35 heavy (non-hydrogen) atoms. The number of rotatable bonds is 4. The molecule has 0 bridgehead atoms. The summed E-state index contributed by atoms with van der Waals surface area (Å²) >= 11 is 5.97. The largest absolute Gasteiger partial charge is 0.494 e. The number of nitrogens with zero attached hydrogens (tertiary/aromatic N) is 5. The first-order valence-corrected chi connectivity index (χ1v) is 11.5. The molecule has 3 heterocycles. The van der Waals surface area contributed by atoms with Crippen LogP contribution in [0, 0.1) is 5.82 Å². The third-order valence-electron chi connectivity index (χ3n) is 6.29. The van der Waals surface area contributed by atoms with Crippen molar-refractivity contribution in [3.63, 3.8) is 0 Å². The van der Waals surface area contributed by atoms with Crippen LogP contribution in [0.3, 0.4) is 0 Å². The van der Waals surface area contributed by atoms with Gasteiger partial charge in [-0.2, -0.15) is 0 Å². The van der Waals surface area contributed by atoms with Crippen LogP contribution < -0.4 is 4.74 Å². The highest BCUT2D eigenvalue weighted by Crippen LogP contribution is 2.28. The fraction of sp³-hybridized carbons (Fsp3) is 0.333. The number of carbonyl (C=O) groups excluding carboxylic acids is 2. The Labute approximate surface area is 206 Å². The smallest absolute Gasteiger partial charge is 0.276 e. The number of amides is 2. The maximum absolute atomic E-state index is 14.0. The topological polar surface area (TPSA) is 89.8 Å². The van der Waals surface area contributed by atoms with Gasteiger partial charge in [-0.3, -0.25) is 9.59 Å². The number of piperazine rings is 1. The molecule has 0 radical (unpaired) electrons. The number of methoxy groups -OCH3 is 1. The van der Waals surface area contributed by atoms with Gasteiger partial charge in [-0.05, 0) is 35.9 Å². The summed E-state index contributed by atoms with van der Waals surface area (Å²) in [5.74, 6) is -1.05. The lowest BCUT2D eigenvalue weighted by Gasteiger charge is -2.34. The highest BCUT2D eigenvalue weighted by molar-refractivity contribution is 6.30. The molecule has 0 unspecified atom stereocenters. The van der Waals surface area contributed by atoms with E-state index in [1.165, 1.54) is 25.3 Å². The van der Waals surface area contributed by atoms with Crippen LogP contribution in [-0.2, 0) is 17.9 Å². The summed E-state index contributed by atoms with van der Waals surface area (Å²) in [4.78, 5) is 29.2. The Morgan fingerprint density at radius 1 is 1.06 bits per heavy atom. The van der Waals surface area contributed by atoms with E-state index in [2.05, 4.69) is 10.3 Å². The van der Waals surface area contributed by atoms with Crippen molar-refractivity contribution in [2.75, 3.05) is 33.3 Å². The van der Waals surface area contributed by atoms with Gasteiger partial charge in [0, 0.05) is 36.8 Å². The standard InChI is InChI=1S/C24H23ClFN5O4/c1-34-20-7-4-16(12-18(20)26)23(32)29-8-10-30(11-9-29)24(33)22-19-14-35-21(13-31(19)28-27-22)15-2-5-17(25)6-3-15/h2-7,12,21H,8-11,13-14H2,1H3/t21-/m0/s1. The van der Waals surface area contributed by atoms with Gasteiger partial charge >= 0.3 is 0 Å². The number of fused-ring (bicyclic) bond motifs is 1. The molecular weight excluding hydrogens is 477 g/mol. The molecule has 9 nitrogen and oxygen atoms in total. The van der Waals surface area contributed by atoms with Gasteiger partial charge in [-0.15, -0.1) is 5.10 Å². The van der Waals surface area contributed by atoms with Crippen molar-refractivity contribution < 1.29 is 23.5 Å². The maximum Gasteiger partial charge on any atom is 0.276 e. The third kappa shape index (κ3) is 4.59. The number of hydrogen-bond donors (Lipinski definition) is 0. The van der Waals surface area contributed by atoms with Crippen molar-refractivity contribution >= 4 is 23.4 Å². The van der Waals surface area contributed by atoms with Crippen LogP contribution in [0.1, 0.15) is 38.2 Å². The van der Waals surface area contributed by atoms with E-state index in [1.54, 1.807) is 14.5 Å². The van der Waals surface area contributed by atoms with Gasteiger partial charge in [0.25, 0.3) is 11.8 Å². The third-order valence-corrected chi connectivity index (χ3v) is 6.55. The molecule has 182 valence electrons. The van der Waals surface area contributed by atoms with Gasteiger partial charge in [0.2, 0.25) is 0 Å². The number of ether oxygens (including phenoxy) is 2. The van der Waals surface area contributed by atoms with E-state index in [9.17, 15) is 14.0 Å². The quantitative estimate of drug-likeness (QED) is 0.548. The van der Waals surface area contributed by atoms with E-state index in [0.29, 0.717) is 43.4 Å². The number of aromatic nitrogens is 3. The molecule has 0 N–H and O–H groups in total. The Bertz CT molecular complexity index is 1260. The van der Waals surface area contributed by atoms with E-state index in [1.807, 2.05) is 24.3 Å². The first-order chi connectivity index (χ1) is 16.9. The van der Waals surface area contributed by atoms with Crippen molar-refractivity contribution in [1.29, 1.82) is 0 Å². The van der Waals surface area contributed by atoms with E-state index in [4.69, 9.17) is 21.1 Å². The highest BCUT2D eigenvalue weighted by Gasteiger charge is 2.32. The molecule has 3 aromatic rings. The van der Waals surface area contributed by atoms with Crippen molar-refractivity contribution in [3.05, 3.63) is 75.8 Å². The molecule has 0 spiro atoms. The zero-order chi connectivity index (χ0) is 24.5. The van der Waals surface area contributed by atoms with Crippen LogP contribution in [0.4, 0.5) is 4.39 Å². The van der Waals surface area contributed by atoms with Gasteiger partial charge in [-0.25, -0.2) is 9.07 Å². The Morgan fingerprint density at radius 3 is 2.40 bits per heavy atom. The van der Waals surface area contributed by atoms with Gasteiger partial charge < -0.3 is 19.3 Å². The summed E-state index contributed by atoms with van der Waals surface area (Å²) in [6, 6.07) is 11.5. The van der Waals surface area contributed by atoms with Crippen LogP contribution >= 0.6 is 11.6 Å². The Morgan fingerprint density at radius 2 is 1.74 bits per heavy atom. The second-order valence-electron chi connectivity index (χ2n) is 8.35. The number of hydrogen-bond acceptors (Lipinski definition) is 6. The second kappa shape index (κ2) is 9.63. The van der Waals surface area contributed by atoms with E-state index >= 15 is 0 Å². The van der Waals surface area contributed by atoms with E-state index in [-0.39, 0.29) is 41.5 Å². The molecular formula is C24H23ClFN5O4. The summed E-state index contributed by atoms with van der Waals surface area (Å²) in [6.45, 7) is 1.99. The number of carbonyl (C=O) groups is 2. The first-order valence-electron chi connectivity index (χ1n) is 11.2. The van der Waals surface area contributed by atoms with Crippen LogP contribution in [0.2, 0.25) is 5.02 Å². The highest BCUT2D eigenvalue weighted by atomic mass is 35.5.